The molecule has 0 radical (unpaired) electrons. The largest absolute Gasteiger partial charge is 0.496 e. The van der Waals surface area contributed by atoms with Crippen LogP contribution in [0.1, 0.15) is 24.3 Å². The van der Waals surface area contributed by atoms with Gasteiger partial charge in [-0.25, -0.2) is 0 Å². The number of benzene rings is 1. The quantitative estimate of drug-likeness (QED) is 0.913. The highest BCUT2D eigenvalue weighted by Crippen LogP contribution is 2.31. The van der Waals surface area contributed by atoms with Gasteiger partial charge in [0, 0.05) is 5.56 Å². The Kier molecular flexibility index (Phi) is 4.44. The maximum Gasteiger partial charge on any atom is 0.169 e. The molecule has 0 bridgehead atoms. The summed E-state index contributed by atoms with van der Waals surface area (Å²) in [6.45, 7) is 2.92. The van der Waals surface area contributed by atoms with Gasteiger partial charge in [0.1, 0.15) is 11.5 Å². The highest BCUT2D eigenvalue weighted by atomic mass is 79.9. The van der Waals surface area contributed by atoms with Crippen LogP contribution in [0.3, 0.4) is 0 Å². The van der Waals surface area contributed by atoms with Crippen LogP contribution in [0.25, 0.3) is 0 Å². The first-order valence-corrected chi connectivity index (χ1v) is 6.67. The Morgan fingerprint density at radius 1 is 1.28 bits per heavy atom. The average Bonchev–Trinajstić information content (AvgIpc) is 2.82. The molecule has 0 saturated carbocycles. The van der Waals surface area contributed by atoms with Crippen molar-refractivity contribution in [1.29, 1.82) is 0 Å². The van der Waals surface area contributed by atoms with E-state index >= 15 is 0 Å². The van der Waals surface area contributed by atoms with Crippen LogP contribution in [0, 0.1) is 0 Å². The third-order valence-electron chi connectivity index (χ3n) is 2.74. The molecule has 1 aromatic carbocycles. The Balaban J connectivity index is 2.41. The molecule has 0 aliphatic carbocycles. The summed E-state index contributed by atoms with van der Waals surface area (Å²) in [5.74, 6) is 1.73. The van der Waals surface area contributed by atoms with Gasteiger partial charge in [0.15, 0.2) is 4.67 Å². The molecule has 1 atom stereocenters. The number of furan rings is 1. The van der Waals surface area contributed by atoms with E-state index in [0.29, 0.717) is 0 Å². The number of para-hydroxylation sites is 1. The van der Waals surface area contributed by atoms with E-state index in [9.17, 15) is 0 Å². The fourth-order valence-electron chi connectivity index (χ4n) is 1.96. The van der Waals surface area contributed by atoms with E-state index in [2.05, 4.69) is 28.2 Å². The molecule has 1 heterocycles. The molecule has 1 aromatic heterocycles. The Labute approximate surface area is 115 Å². The summed E-state index contributed by atoms with van der Waals surface area (Å²) < 4.78 is 11.8. The number of methoxy groups -OCH3 is 1. The predicted molar refractivity (Wildman–Crippen MR) is 74.9 cm³/mol. The van der Waals surface area contributed by atoms with E-state index in [0.717, 1.165) is 28.3 Å². The van der Waals surface area contributed by atoms with Gasteiger partial charge in [-0.05, 0) is 40.7 Å². The molecule has 3 nitrogen and oxygen atoms in total. The highest BCUT2D eigenvalue weighted by molar-refractivity contribution is 9.10. The zero-order chi connectivity index (χ0) is 13.0. The molecule has 0 amide bonds. The molecule has 4 heteroatoms. The number of hydrogen-bond donors (Lipinski definition) is 1. The van der Waals surface area contributed by atoms with Crippen LogP contribution in [-0.2, 0) is 0 Å². The van der Waals surface area contributed by atoms with Crippen LogP contribution in [0.2, 0.25) is 0 Å². The van der Waals surface area contributed by atoms with Crippen LogP contribution in [0.15, 0.2) is 45.5 Å². The van der Waals surface area contributed by atoms with Crippen molar-refractivity contribution in [3.8, 4) is 5.75 Å². The summed E-state index contributed by atoms with van der Waals surface area (Å²) in [5, 5.41) is 3.41. The zero-order valence-electron chi connectivity index (χ0n) is 10.4. The van der Waals surface area contributed by atoms with Crippen molar-refractivity contribution < 1.29 is 9.15 Å². The van der Waals surface area contributed by atoms with E-state index in [1.807, 2.05) is 36.4 Å². The van der Waals surface area contributed by atoms with Gasteiger partial charge >= 0.3 is 0 Å². The van der Waals surface area contributed by atoms with Gasteiger partial charge in [0.2, 0.25) is 0 Å². The van der Waals surface area contributed by atoms with Gasteiger partial charge in [0.05, 0.1) is 13.2 Å². The molecule has 0 fully saturated rings. The first-order chi connectivity index (χ1) is 8.76. The van der Waals surface area contributed by atoms with Crippen molar-refractivity contribution >= 4 is 15.9 Å². The summed E-state index contributed by atoms with van der Waals surface area (Å²) in [6.07, 6.45) is 0. The second-order valence-electron chi connectivity index (χ2n) is 3.87. The smallest absolute Gasteiger partial charge is 0.169 e. The maximum atomic E-state index is 5.65. The summed E-state index contributed by atoms with van der Waals surface area (Å²) in [7, 11) is 1.68. The fourth-order valence-corrected chi connectivity index (χ4v) is 2.28. The van der Waals surface area contributed by atoms with Crippen molar-refractivity contribution in [3.05, 3.63) is 52.4 Å². The minimum absolute atomic E-state index is 0.00236. The minimum Gasteiger partial charge on any atom is -0.496 e. The van der Waals surface area contributed by atoms with E-state index in [1.165, 1.54) is 0 Å². The van der Waals surface area contributed by atoms with E-state index in [-0.39, 0.29) is 6.04 Å². The van der Waals surface area contributed by atoms with E-state index in [1.54, 1.807) is 7.11 Å². The van der Waals surface area contributed by atoms with Gasteiger partial charge in [-0.15, -0.1) is 0 Å². The minimum atomic E-state index is -0.00236. The maximum absolute atomic E-state index is 5.65. The van der Waals surface area contributed by atoms with Gasteiger partial charge in [-0.2, -0.15) is 0 Å². The Bertz CT molecular complexity index is 510. The van der Waals surface area contributed by atoms with Crippen molar-refractivity contribution in [2.45, 2.75) is 13.0 Å². The average molecular weight is 310 g/mol. The third kappa shape index (κ3) is 2.76. The summed E-state index contributed by atoms with van der Waals surface area (Å²) >= 11 is 3.33. The number of hydrogen-bond acceptors (Lipinski definition) is 3. The fraction of sp³-hybridized carbons (Fsp3) is 0.286. The summed E-state index contributed by atoms with van der Waals surface area (Å²) in [4.78, 5) is 0. The Hall–Kier alpha value is -1.26. The van der Waals surface area contributed by atoms with Gasteiger partial charge in [-0.3, -0.25) is 0 Å². The number of nitrogens with one attached hydrogen (secondary N) is 1. The zero-order valence-corrected chi connectivity index (χ0v) is 12.0. The molecule has 0 aliphatic heterocycles. The molecule has 0 spiro atoms. The Morgan fingerprint density at radius 3 is 2.67 bits per heavy atom. The number of ether oxygens (including phenoxy) is 1. The van der Waals surface area contributed by atoms with Crippen LogP contribution >= 0.6 is 15.9 Å². The molecule has 2 rings (SSSR count). The van der Waals surface area contributed by atoms with Gasteiger partial charge in [0.25, 0.3) is 0 Å². The Morgan fingerprint density at radius 2 is 2.06 bits per heavy atom. The van der Waals surface area contributed by atoms with Crippen molar-refractivity contribution in [2.75, 3.05) is 13.7 Å². The number of rotatable bonds is 5. The van der Waals surface area contributed by atoms with Gasteiger partial charge < -0.3 is 14.5 Å². The molecular weight excluding hydrogens is 294 g/mol. The normalized spacial score (nSPS) is 12.4. The van der Waals surface area contributed by atoms with Crippen molar-refractivity contribution in [3.63, 3.8) is 0 Å². The molecule has 1 N–H and O–H groups in total. The highest BCUT2D eigenvalue weighted by Gasteiger charge is 2.19. The topological polar surface area (TPSA) is 34.4 Å². The first-order valence-electron chi connectivity index (χ1n) is 5.87. The number of halogens is 1. The predicted octanol–water partition coefficient (Wildman–Crippen LogP) is 3.75. The molecule has 2 aromatic rings. The van der Waals surface area contributed by atoms with Gasteiger partial charge in [-0.1, -0.05) is 25.1 Å². The molecule has 0 aliphatic rings. The second kappa shape index (κ2) is 6.07. The standard InChI is InChI=1S/C14H16BrNO2/c1-3-16-14(12-8-9-13(15)18-12)10-6-4-5-7-11(10)17-2/h4-9,14,16H,3H2,1-2H3. The SMILES string of the molecule is CCNC(c1ccc(Br)o1)c1ccccc1OC. The summed E-state index contributed by atoms with van der Waals surface area (Å²) in [5.41, 5.74) is 1.07. The van der Waals surface area contributed by atoms with Crippen LogP contribution in [-0.4, -0.2) is 13.7 Å². The molecule has 18 heavy (non-hydrogen) atoms. The van der Waals surface area contributed by atoms with Crippen molar-refractivity contribution in [1.82, 2.24) is 5.32 Å². The van der Waals surface area contributed by atoms with E-state index in [4.69, 9.17) is 9.15 Å². The molecular formula is C14H16BrNO2. The monoisotopic (exact) mass is 309 g/mol. The van der Waals surface area contributed by atoms with Crippen LogP contribution in [0.5, 0.6) is 5.75 Å². The van der Waals surface area contributed by atoms with Crippen LogP contribution in [0.4, 0.5) is 0 Å². The lowest BCUT2D eigenvalue weighted by Crippen LogP contribution is -2.22. The molecule has 0 saturated heterocycles. The lowest BCUT2D eigenvalue weighted by atomic mass is 10.0. The van der Waals surface area contributed by atoms with Crippen LogP contribution < -0.4 is 10.1 Å². The summed E-state index contributed by atoms with van der Waals surface area (Å²) in [6, 6.07) is 11.8. The third-order valence-corrected chi connectivity index (χ3v) is 3.16. The van der Waals surface area contributed by atoms with Crippen molar-refractivity contribution in [2.24, 2.45) is 0 Å². The second-order valence-corrected chi connectivity index (χ2v) is 4.66. The lowest BCUT2D eigenvalue weighted by Gasteiger charge is -2.18. The van der Waals surface area contributed by atoms with E-state index < -0.39 is 0 Å². The molecule has 1 unspecified atom stereocenters. The first kappa shape index (κ1) is 13.2. The lowest BCUT2D eigenvalue weighted by molar-refractivity contribution is 0.391. The molecule has 96 valence electrons.